The van der Waals surface area contributed by atoms with E-state index in [0.717, 1.165) is 0 Å². The minimum atomic E-state index is -1.74. The predicted molar refractivity (Wildman–Crippen MR) is 84.5 cm³/mol. The Bertz CT molecular complexity index is 330. The van der Waals surface area contributed by atoms with Gasteiger partial charge in [0.05, 0.1) is 0 Å². The summed E-state index contributed by atoms with van der Waals surface area (Å²) in [5, 5.41) is 0. The molecule has 1 rings (SSSR count). The van der Waals surface area contributed by atoms with E-state index in [1.165, 1.54) is 5.57 Å². The van der Waals surface area contributed by atoms with Crippen molar-refractivity contribution in [2.24, 2.45) is 5.41 Å². The van der Waals surface area contributed by atoms with Crippen molar-refractivity contribution >= 4 is 47.1 Å². The van der Waals surface area contributed by atoms with Crippen molar-refractivity contribution in [2.45, 2.75) is 40.4 Å². The van der Waals surface area contributed by atoms with Crippen LogP contribution >= 0.6 is 40.4 Å². The van der Waals surface area contributed by atoms with Gasteiger partial charge in [0.15, 0.2) is 0 Å². The summed E-state index contributed by atoms with van der Waals surface area (Å²) in [5.74, 6) is 2.48. The topological polar surface area (TPSA) is 0 Å². The Morgan fingerprint density at radius 1 is 1.00 bits per heavy atom. The molecule has 0 atom stereocenters. The van der Waals surface area contributed by atoms with Crippen LogP contribution in [0.4, 0.5) is 0 Å². The minimum absolute atomic E-state index is 0.325. The molecule has 0 saturated heterocycles. The zero-order valence-electron chi connectivity index (χ0n) is 9.76. The van der Waals surface area contributed by atoms with E-state index < -0.39 is 6.65 Å². The van der Waals surface area contributed by atoms with Crippen LogP contribution in [0.2, 0.25) is 5.76 Å². The first-order valence-corrected chi connectivity index (χ1v) is 20.8. The van der Waals surface area contributed by atoms with Crippen LogP contribution in [0, 0.1) is 5.41 Å². The molecule has 0 N–H and O–H groups in total. The van der Waals surface area contributed by atoms with Gasteiger partial charge in [-0.15, -0.1) is 0 Å². The number of allylic oxidation sites excluding steroid dienone is 4. The molecule has 3 heteroatoms. The third kappa shape index (κ3) is 2.12. The van der Waals surface area contributed by atoms with E-state index in [4.69, 9.17) is 0 Å². The van der Waals surface area contributed by atoms with E-state index >= 15 is 0 Å². The van der Waals surface area contributed by atoms with Gasteiger partial charge in [-0.05, 0) is 0 Å². The molecule has 0 spiro atoms. The molecular weight excluding hydrogens is 459 g/mol. The Hall–Kier alpha value is 1.48. The molecule has 0 aromatic heterocycles. The summed E-state index contributed by atoms with van der Waals surface area (Å²) in [6.07, 6.45) is 0. The molecule has 14 heavy (non-hydrogen) atoms. The van der Waals surface area contributed by atoms with Gasteiger partial charge in [0.25, 0.3) is 0 Å². The predicted octanol–water partition coefficient (Wildman–Crippen LogP) is 5.16. The summed E-state index contributed by atoms with van der Waals surface area (Å²) in [4.78, 5) is 0. The Balaban J connectivity index is 3.37. The van der Waals surface area contributed by atoms with Crippen molar-refractivity contribution in [1.82, 2.24) is 0 Å². The second kappa shape index (κ2) is 4.05. The number of hydrogen-bond acceptors (Lipinski definition) is 0. The number of hydrogen-bond donors (Lipinski definition) is 0. The fourth-order valence-electron chi connectivity index (χ4n) is 2.47. The van der Waals surface area contributed by atoms with Crippen molar-refractivity contribution in [3.8, 4) is 0 Å². The average molecular weight is 477 g/mol. The van der Waals surface area contributed by atoms with Crippen molar-refractivity contribution in [2.75, 3.05) is 0 Å². The van der Waals surface area contributed by atoms with Gasteiger partial charge in [-0.3, -0.25) is 0 Å². The maximum absolute atomic E-state index is 2.73. The zero-order valence-corrected chi connectivity index (χ0v) is 16.2. The van der Waals surface area contributed by atoms with Crippen molar-refractivity contribution in [3.63, 3.8) is 0 Å². The summed E-state index contributed by atoms with van der Waals surface area (Å²) in [6.45, 7) is 9.92. The van der Waals surface area contributed by atoms with Crippen LogP contribution in [-0.4, -0.2) is 6.65 Å². The van der Waals surface area contributed by atoms with Crippen LogP contribution < -0.4 is 0 Å². The third-order valence-electron chi connectivity index (χ3n) is 3.50. The van der Waals surface area contributed by atoms with E-state index in [1.54, 1.807) is 15.6 Å². The third-order valence-corrected chi connectivity index (χ3v) is 13.0. The SMILES string of the molecule is CC1=C(C)C(C)(C)[C]([Ge]([CH3])([I])[I])=C1C. The van der Waals surface area contributed by atoms with Crippen LogP contribution in [-0.2, 0) is 0 Å². The molecule has 0 aromatic carbocycles. The van der Waals surface area contributed by atoms with E-state index in [9.17, 15) is 0 Å². The van der Waals surface area contributed by atoms with Crippen LogP contribution in [0.3, 0.4) is 0 Å². The Morgan fingerprint density at radius 2 is 1.43 bits per heavy atom. The monoisotopic (exact) mass is 478 g/mol. The summed E-state index contributed by atoms with van der Waals surface area (Å²) >= 11 is 5.46. The molecule has 0 fully saturated rings. The molecule has 0 aliphatic heterocycles. The molecule has 0 amide bonds. The second-order valence-electron chi connectivity index (χ2n) is 4.76. The van der Waals surface area contributed by atoms with E-state index in [-0.39, 0.29) is 0 Å². The first-order valence-electron chi connectivity index (χ1n) is 4.88. The second-order valence-corrected chi connectivity index (χ2v) is 42.7. The standard InChI is InChI=1S/C11H18GeI2/c1-7-8(2)10(12(6,13)14)11(4,5)9(7)3/h1-6H3. The summed E-state index contributed by atoms with van der Waals surface area (Å²) in [6, 6.07) is 0. The van der Waals surface area contributed by atoms with E-state index in [0.29, 0.717) is 5.41 Å². The van der Waals surface area contributed by atoms with Gasteiger partial charge in [0.1, 0.15) is 0 Å². The van der Waals surface area contributed by atoms with Gasteiger partial charge in [0, 0.05) is 0 Å². The maximum atomic E-state index is 2.73. The molecule has 0 heterocycles. The van der Waals surface area contributed by atoms with Crippen molar-refractivity contribution < 1.29 is 0 Å². The number of rotatable bonds is 1. The Morgan fingerprint density at radius 3 is 1.57 bits per heavy atom. The molecular formula is C11H18GeI2. The zero-order chi connectivity index (χ0) is 11.3. The summed E-state index contributed by atoms with van der Waals surface area (Å²) in [7, 11) is 0. The molecule has 1 aliphatic rings. The van der Waals surface area contributed by atoms with Gasteiger partial charge in [-0.25, -0.2) is 0 Å². The van der Waals surface area contributed by atoms with Gasteiger partial charge in [-0.2, -0.15) is 0 Å². The van der Waals surface area contributed by atoms with Crippen LogP contribution in [0.1, 0.15) is 34.6 Å². The summed E-state index contributed by atoms with van der Waals surface area (Å²) < 4.78 is 1.77. The van der Waals surface area contributed by atoms with E-state index in [2.05, 4.69) is 80.8 Å². The average Bonchev–Trinajstić information content (AvgIpc) is 2.10. The van der Waals surface area contributed by atoms with Gasteiger partial charge in [-0.1, -0.05) is 0 Å². The van der Waals surface area contributed by atoms with Gasteiger partial charge < -0.3 is 0 Å². The molecule has 0 aromatic rings. The molecule has 0 bridgehead atoms. The molecule has 0 unspecified atom stereocenters. The Kier molecular flexibility index (Phi) is 3.92. The van der Waals surface area contributed by atoms with Crippen LogP contribution in [0.5, 0.6) is 0 Å². The normalized spacial score (nSPS) is 22.3. The van der Waals surface area contributed by atoms with Crippen molar-refractivity contribution in [1.29, 1.82) is 0 Å². The van der Waals surface area contributed by atoms with Gasteiger partial charge >= 0.3 is 114 Å². The number of halogens is 2. The first-order chi connectivity index (χ1) is 6.10. The fraction of sp³-hybridized carbons (Fsp3) is 0.636. The molecule has 0 saturated carbocycles. The van der Waals surface area contributed by atoms with Crippen molar-refractivity contribution in [3.05, 3.63) is 21.1 Å². The Labute approximate surface area is 113 Å². The summed E-state index contributed by atoms with van der Waals surface area (Å²) in [5.41, 5.74) is 5.02. The quantitative estimate of drug-likeness (QED) is 0.362. The molecule has 0 radical (unpaired) electrons. The first kappa shape index (κ1) is 13.5. The molecule has 1 aliphatic carbocycles. The van der Waals surface area contributed by atoms with Gasteiger partial charge in [0.2, 0.25) is 0 Å². The van der Waals surface area contributed by atoms with E-state index in [1.807, 2.05) is 0 Å². The van der Waals surface area contributed by atoms with Crippen LogP contribution in [0.25, 0.3) is 0 Å². The molecule has 0 nitrogen and oxygen atoms in total. The molecule has 80 valence electrons. The van der Waals surface area contributed by atoms with Crippen LogP contribution in [0.15, 0.2) is 21.1 Å². The fourth-order valence-corrected chi connectivity index (χ4v) is 18.2.